The summed E-state index contributed by atoms with van der Waals surface area (Å²) in [5, 5.41) is 17.8. The fraction of sp³-hybridized carbons (Fsp3) is 0.286. The van der Waals surface area contributed by atoms with E-state index in [0.717, 1.165) is 28.3 Å². The van der Waals surface area contributed by atoms with Crippen molar-refractivity contribution in [3.8, 4) is 11.4 Å². The Morgan fingerprint density at radius 3 is 2.48 bits per heavy atom. The van der Waals surface area contributed by atoms with Crippen molar-refractivity contribution in [1.82, 2.24) is 19.7 Å². The average molecular weight is 362 g/mol. The monoisotopic (exact) mass is 362 g/mol. The molecule has 0 radical (unpaired) electrons. The molecule has 0 fully saturated rings. The first-order valence-electron chi connectivity index (χ1n) is 9.11. The van der Waals surface area contributed by atoms with Crippen LogP contribution >= 0.6 is 0 Å². The van der Waals surface area contributed by atoms with Crippen LogP contribution < -0.4 is 0 Å². The Hall–Kier alpha value is -2.99. The van der Waals surface area contributed by atoms with Crippen LogP contribution in [0.25, 0.3) is 11.4 Å². The van der Waals surface area contributed by atoms with Gasteiger partial charge in [-0.1, -0.05) is 54.6 Å². The van der Waals surface area contributed by atoms with Crippen LogP contribution in [0.2, 0.25) is 0 Å². The van der Waals surface area contributed by atoms with Crippen LogP contribution in [0.3, 0.4) is 0 Å². The summed E-state index contributed by atoms with van der Waals surface area (Å²) < 4.78 is 2.13. The number of aliphatic hydroxyl groups is 1. The lowest BCUT2D eigenvalue weighted by Gasteiger charge is -2.32. The smallest absolute Gasteiger partial charge is 0.227 e. The fourth-order valence-corrected chi connectivity index (χ4v) is 3.55. The third-order valence-corrected chi connectivity index (χ3v) is 4.97. The van der Waals surface area contributed by atoms with Gasteiger partial charge in [0, 0.05) is 12.1 Å². The highest BCUT2D eigenvalue weighted by molar-refractivity contribution is 5.79. The second kappa shape index (κ2) is 7.32. The first-order chi connectivity index (χ1) is 13.2. The van der Waals surface area contributed by atoms with E-state index in [1.807, 2.05) is 59.5 Å². The fourth-order valence-electron chi connectivity index (χ4n) is 3.55. The molecule has 1 aliphatic rings. The zero-order chi connectivity index (χ0) is 18.8. The summed E-state index contributed by atoms with van der Waals surface area (Å²) in [5.41, 5.74) is 2.83. The maximum atomic E-state index is 12.8. The Labute approximate surface area is 158 Å². The summed E-state index contributed by atoms with van der Waals surface area (Å²) in [6.07, 6.45) is 0.345. The normalized spacial score (nSPS) is 16.2. The van der Waals surface area contributed by atoms with Gasteiger partial charge in [-0.25, -0.2) is 0 Å². The molecule has 1 amide bonds. The van der Waals surface area contributed by atoms with Crippen molar-refractivity contribution >= 4 is 5.91 Å². The molecule has 138 valence electrons. The van der Waals surface area contributed by atoms with Gasteiger partial charge in [0.1, 0.15) is 0 Å². The number of carbonyl (C=O) groups excluding carboxylic acids is 1. The molecule has 1 N–H and O–H groups in total. The van der Waals surface area contributed by atoms with Crippen molar-refractivity contribution < 1.29 is 9.90 Å². The van der Waals surface area contributed by atoms with Crippen LogP contribution in [0.4, 0.5) is 0 Å². The molecule has 6 nitrogen and oxygen atoms in total. The third kappa shape index (κ3) is 3.48. The van der Waals surface area contributed by atoms with Gasteiger partial charge in [-0.15, -0.1) is 10.2 Å². The molecule has 27 heavy (non-hydrogen) atoms. The van der Waals surface area contributed by atoms with Gasteiger partial charge >= 0.3 is 0 Å². The van der Waals surface area contributed by atoms with E-state index in [1.165, 1.54) is 0 Å². The van der Waals surface area contributed by atoms with E-state index in [2.05, 4.69) is 21.7 Å². The van der Waals surface area contributed by atoms with Crippen molar-refractivity contribution in [1.29, 1.82) is 0 Å². The number of aliphatic hydroxyl groups excluding tert-OH is 1. The molecule has 2 aromatic carbocycles. The lowest BCUT2D eigenvalue weighted by atomic mass is 10.1. The van der Waals surface area contributed by atoms with Gasteiger partial charge in [-0.2, -0.15) is 0 Å². The molecule has 1 aliphatic heterocycles. The Morgan fingerprint density at radius 1 is 1.07 bits per heavy atom. The van der Waals surface area contributed by atoms with E-state index in [9.17, 15) is 4.79 Å². The van der Waals surface area contributed by atoms with Crippen molar-refractivity contribution in [2.24, 2.45) is 0 Å². The van der Waals surface area contributed by atoms with E-state index < -0.39 is 0 Å². The van der Waals surface area contributed by atoms with E-state index in [1.54, 1.807) is 0 Å². The maximum Gasteiger partial charge on any atom is 0.227 e. The van der Waals surface area contributed by atoms with Gasteiger partial charge in [0.05, 0.1) is 25.6 Å². The molecule has 0 unspecified atom stereocenters. The lowest BCUT2D eigenvalue weighted by Crippen LogP contribution is -2.41. The predicted octanol–water partition coefficient (Wildman–Crippen LogP) is 2.58. The summed E-state index contributed by atoms with van der Waals surface area (Å²) >= 11 is 0. The summed E-state index contributed by atoms with van der Waals surface area (Å²) in [4.78, 5) is 14.6. The van der Waals surface area contributed by atoms with Crippen molar-refractivity contribution in [2.45, 2.75) is 32.5 Å². The molecule has 1 aromatic heterocycles. The zero-order valence-electron chi connectivity index (χ0n) is 15.2. The summed E-state index contributed by atoms with van der Waals surface area (Å²) in [7, 11) is 0. The molecule has 0 saturated heterocycles. The van der Waals surface area contributed by atoms with Crippen LogP contribution in [0.15, 0.2) is 54.6 Å². The molecule has 0 aliphatic carbocycles. The quantitative estimate of drug-likeness (QED) is 0.774. The zero-order valence-corrected chi connectivity index (χ0v) is 15.2. The predicted molar refractivity (Wildman–Crippen MR) is 102 cm³/mol. The number of aromatic nitrogens is 3. The number of hydrogen-bond acceptors (Lipinski definition) is 4. The highest BCUT2D eigenvalue weighted by Gasteiger charge is 2.29. The molecule has 1 atom stereocenters. The van der Waals surface area contributed by atoms with Gasteiger partial charge in [-0.05, 0) is 18.1 Å². The van der Waals surface area contributed by atoms with Crippen LogP contribution in [-0.2, 0) is 24.4 Å². The van der Waals surface area contributed by atoms with Gasteiger partial charge in [-0.3, -0.25) is 4.79 Å². The maximum absolute atomic E-state index is 12.8. The first-order valence-corrected chi connectivity index (χ1v) is 9.11. The summed E-state index contributed by atoms with van der Waals surface area (Å²) in [6.45, 7) is 3.21. The minimum Gasteiger partial charge on any atom is -0.392 e. The number of amides is 1. The number of hydrogen-bond donors (Lipinski definition) is 1. The molecule has 6 heteroatoms. The molecule has 0 bridgehead atoms. The van der Waals surface area contributed by atoms with Gasteiger partial charge in [0.15, 0.2) is 11.6 Å². The standard InChI is InChI=1S/C21H22N4O2/c1-15-12-24(20(27)11-16-7-9-17(14-26)10-8-16)13-19-22-23-21(25(15)19)18-5-3-2-4-6-18/h2-10,15,26H,11-14H2,1H3/t15-/m0/s1. The molecule has 4 rings (SSSR count). The van der Waals surface area contributed by atoms with Crippen LogP contribution in [0.5, 0.6) is 0 Å². The molecular weight excluding hydrogens is 340 g/mol. The molecule has 0 saturated carbocycles. The third-order valence-electron chi connectivity index (χ3n) is 4.97. The molecule has 3 aromatic rings. The largest absolute Gasteiger partial charge is 0.392 e. The van der Waals surface area contributed by atoms with Crippen molar-refractivity contribution in [3.05, 3.63) is 71.5 Å². The summed E-state index contributed by atoms with van der Waals surface area (Å²) in [6, 6.07) is 17.6. The summed E-state index contributed by atoms with van der Waals surface area (Å²) in [5.74, 6) is 1.75. The van der Waals surface area contributed by atoms with Crippen LogP contribution in [0.1, 0.15) is 29.9 Å². The number of fused-ring (bicyclic) bond motifs is 1. The molecule has 2 heterocycles. The molecule has 0 spiro atoms. The van der Waals surface area contributed by atoms with Crippen molar-refractivity contribution in [3.63, 3.8) is 0 Å². The Morgan fingerprint density at radius 2 is 1.78 bits per heavy atom. The van der Waals surface area contributed by atoms with Crippen LogP contribution in [-0.4, -0.2) is 37.2 Å². The SMILES string of the molecule is C[C@H]1CN(C(=O)Cc2ccc(CO)cc2)Cc2nnc(-c3ccccc3)n21. The first kappa shape index (κ1) is 17.4. The van der Waals surface area contributed by atoms with Crippen LogP contribution in [0, 0.1) is 0 Å². The Kier molecular flexibility index (Phi) is 4.73. The van der Waals surface area contributed by atoms with E-state index >= 15 is 0 Å². The van der Waals surface area contributed by atoms with Gasteiger partial charge in [0.25, 0.3) is 0 Å². The number of rotatable bonds is 4. The van der Waals surface area contributed by atoms with E-state index in [-0.39, 0.29) is 18.6 Å². The van der Waals surface area contributed by atoms with E-state index in [0.29, 0.717) is 19.5 Å². The van der Waals surface area contributed by atoms with E-state index in [4.69, 9.17) is 5.11 Å². The Bertz CT molecular complexity index is 935. The van der Waals surface area contributed by atoms with Crippen molar-refractivity contribution in [2.75, 3.05) is 6.54 Å². The topological polar surface area (TPSA) is 71.2 Å². The second-order valence-electron chi connectivity index (χ2n) is 6.95. The number of nitrogens with zero attached hydrogens (tertiary/aromatic N) is 4. The second-order valence-corrected chi connectivity index (χ2v) is 6.95. The Balaban J connectivity index is 1.51. The average Bonchev–Trinajstić information content (AvgIpc) is 3.14. The minimum absolute atomic E-state index is 0.0112. The number of carbonyl (C=O) groups is 1. The minimum atomic E-state index is 0.0112. The highest BCUT2D eigenvalue weighted by Crippen LogP contribution is 2.27. The number of benzene rings is 2. The lowest BCUT2D eigenvalue weighted by molar-refractivity contribution is -0.132. The van der Waals surface area contributed by atoms with Gasteiger partial charge < -0.3 is 14.6 Å². The van der Waals surface area contributed by atoms with Gasteiger partial charge in [0.2, 0.25) is 5.91 Å². The molecular formula is C21H22N4O2. The highest BCUT2D eigenvalue weighted by atomic mass is 16.3.